The highest BCUT2D eigenvalue weighted by atomic mass is 32.2. The molecule has 0 aliphatic rings. The molecule has 0 bridgehead atoms. The van der Waals surface area contributed by atoms with Gasteiger partial charge < -0.3 is 9.88 Å². The predicted molar refractivity (Wildman–Crippen MR) is 139 cm³/mol. The summed E-state index contributed by atoms with van der Waals surface area (Å²) in [5.74, 6) is 0.445. The second-order valence-electron chi connectivity index (χ2n) is 8.46. The number of imidazole rings is 1. The molecule has 35 heavy (non-hydrogen) atoms. The first-order chi connectivity index (χ1) is 16.9. The third-order valence-corrected chi connectivity index (χ3v) is 6.99. The standard InChI is InChI=1S/C26H29N5O3S/c1-18(20-12-8-5-9-13-20)27-21(32)15-17-35-25-28-22-23(29(2)26(34)30(3)24(22)33)31(25)16-14-19-10-6-4-7-11-19/h4-13,18H,14-17H2,1-3H3,(H,27,32)/t18-/m0/s1. The van der Waals surface area contributed by atoms with E-state index in [1.165, 1.54) is 23.4 Å². The molecule has 2 aromatic heterocycles. The van der Waals surface area contributed by atoms with Gasteiger partial charge in [-0.3, -0.25) is 18.7 Å². The molecule has 0 spiro atoms. The number of benzene rings is 2. The zero-order chi connectivity index (χ0) is 24.9. The average Bonchev–Trinajstić information content (AvgIpc) is 3.24. The van der Waals surface area contributed by atoms with Crippen LogP contribution in [0.5, 0.6) is 0 Å². The van der Waals surface area contributed by atoms with E-state index in [0.29, 0.717) is 29.5 Å². The van der Waals surface area contributed by atoms with Crippen LogP contribution in [0.3, 0.4) is 0 Å². The summed E-state index contributed by atoms with van der Waals surface area (Å²) in [4.78, 5) is 42.5. The van der Waals surface area contributed by atoms with Crippen LogP contribution >= 0.6 is 11.8 Å². The maximum Gasteiger partial charge on any atom is 0.332 e. The zero-order valence-electron chi connectivity index (χ0n) is 20.1. The fraction of sp³-hybridized carbons (Fsp3) is 0.308. The van der Waals surface area contributed by atoms with Gasteiger partial charge in [-0.15, -0.1) is 0 Å². The van der Waals surface area contributed by atoms with Gasteiger partial charge in [0, 0.05) is 32.8 Å². The Labute approximate surface area is 207 Å². The van der Waals surface area contributed by atoms with Gasteiger partial charge >= 0.3 is 5.69 Å². The minimum Gasteiger partial charge on any atom is -0.350 e. The second kappa shape index (κ2) is 10.8. The number of carbonyl (C=O) groups excluding carboxylic acids is 1. The van der Waals surface area contributed by atoms with Gasteiger partial charge in [-0.25, -0.2) is 9.78 Å². The van der Waals surface area contributed by atoms with Crippen molar-refractivity contribution >= 4 is 28.8 Å². The fourth-order valence-corrected chi connectivity index (χ4v) is 5.00. The number of nitrogens with zero attached hydrogens (tertiary/aromatic N) is 4. The van der Waals surface area contributed by atoms with Crippen LogP contribution in [-0.4, -0.2) is 30.3 Å². The van der Waals surface area contributed by atoms with Crippen LogP contribution in [-0.2, 0) is 31.9 Å². The maximum atomic E-state index is 12.8. The molecular weight excluding hydrogens is 462 g/mol. The lowest BCUT2D eigenvalue weighted by Crippen LogP contribution is -2.37. The lowest BCUT2D eigenvalue weighted by molar-refractivity contribution is -0.121. The highest BCUT2D eigenvalue weighted by Crippen LogP contribution is 2.23. The van der Waals surface area contributed by atoms with Crippen molar-refractivity contribution in [3.05, 3.63) is 92.6 Å². The zero-order valence-corrected chi connectivity index (χ0v) is 20.9. The van der Waals surface area contributed by atoms with Crippen molar-refractivity contribution in [3.63, 3.8) is 0 Å². The summed E-state index contributed by atoms with van der Waals surface area (Å²) >= 11 is 1.42. The average molecular weight is 492 g/mol. The molecule has 0 aliphatic carbocycles. The predicted octanol–water partition coefficient (Wildman–Crippen LogP) is 3.04. The Bertz CT molecular complexity index is 1440. The number of aromatic nitrogens is 4. The van der Waals surface area contributed by atoms with E-state index < -0.39 is 11.2 Å². The first kappa shape index (κ1) is 24.5. The largest absolute Gasteiger partial charge is 0.350 e. The summed E-state index contributed by atoms with van der Waals surface area (Å²) in [6.45, 7) is 2.51. The number of fused-ring (bicyclic) bond motifs is 1. The van der Waals surface area contributed by atoms with E-state index in [4.69, 9.17) is 0 Å². The molecule has 182 valence electrons. The van der Waals surface area contributed by atoms with E-state index in [2.05, 4.69) is 10.3 Å². The quantitative estimate of drug-likeness (QED) is 0.364. The molecule has 8 nitrogen and oxygen atoms in total. The molecule has 4 rings (SSSR count). The van der Waals surface area contributed by atoms with Crippen LogP contribution in [0.4, 0.5) is 0 Å². The number of nitrogens with one attached hydrogen (secondary N) is 1. The summed E-state index contributed by atoms with van der Waals surface area (Å²) in [7, 11) is 3.11. The molecule has 2 heterocycles. The molecule has 9 heteroatoms. The van der Waals surface area contributed by atoms with Crippen molar-refractivity contribution in [3.8, 4) is 0 Å². The molecule has 0 radical (unpaired) electrons. The summed E-state index contributed by atoms with van der Waals surface area (Å²) in [5, 5.41) is 3.65. The Kier molecular flexibility index (Phi) is 7.55. The van der Waals surface area contributed by atoms with Crippen LogP contribution in [0.1, 0.15) is 30.5 Å². The Hall–Kier alpha value is -3.59. The molecule has 0 saturated heterocycles. The summed E-state index contributed by atoms with van der Waals surface area (Å²) in [6.07, 6.45) is 1.03. The fourth-order valence-electron chi connectivity index (χ4n) is 4.04. The molecule has 1 atom stereocenters. The minimum atomic E-state index is -0.419. The molecule has 0 aliphatic heterocycles. The van der Waals surface area contributed by atoms with Crippen LogP contribution in [0, 0.1) is 0 Å². The Balaban J connectivity index is 1.53. The Morgan fingerprint density at radius 2 is 1.66 bits per heavy atom. The molecule has 0 saturated carbocycles. The van der Waals surface area contributed by atoms with Crippen molar-refractivity contribution < 1.29 is 4.79 Å². The van der Waals surface area contributed by atoms with Crippen LogP contribution in [0.25, 0.3) is 11.2 Å². The maximum absolute atomic E-state index is 12.8. The smallest absolute Gasteiger partial charge is 0.332 e. The first-order valence-electron chi connectivity index (χ1n) is 11.5. The number of amides is 1. The van der Waals surface area contributed by atoms with E-state index in [0.717, 1.165) is 22.1 Å². The van der Waals surface area contributed by atoms with Gasteiger partial charge in [-0.05, 0) is 24.5 Å². The third-order valence-electron chi connectivity index (χ3n) is 6.01. The molecular formula is C26H29N5O3S. The van der Waals surface area contributed by atoms with E-state index in [1.54, 1.807) is 7.05 Å². The van der Waals surface area contributed by atoms with Gasteiger partial charge in [0.05, 0.1) is 6.04 Å². The van der Waals surface area contributed by atoms with Gasteiger partial charge in [0.1, 0.15) is 0 Å². The second-order valence-corrected chi connectivity index (χ2v) is 9.52. The topological polar surface area (TPSA) is 90.9 Å². The molecule has 1 N–H and O–H groups in total. The van der Waals surface area contributed by atoms with Gasteiger partial charge in [0.15, 0.2) is 16.3 Å². The van der Waals surface area contributed by atoms with Crippen molar-refractivity contribution in [2.45, 2.75) is 37.5 Å². The van der Waals surface area contributed by atoms with E-state index in [1.807, 2.05) is 72.2 Å². The normalized spacial score (nSPS) is 12.1. The highest BCUT2D eigenvalue weighted by Gasteiger charge is 2.19. The van der Waals surface area contributed by atoms with Crippen LogP contribution in [0.2, 0.25) is 0 Å². The van der Waals surface area contributed by atoms with E-state index >= 15 is 0 Å². The lowest BCUT2D eigenvalue weighted by atomic mass is 10.1. The number of aryl methyl sites for hydroxylation is 3. The molecule has 0 fully saturated rings. The van der Waals surface area contributed by atoms with E-state index in [9.17, 15) is 14.4 Å². The Morgan fingerprint density at radius 3 is 2.34 bits per heavy atom. The summed E-state index contributed by atoms with van der Waals surface area (Å²) < 4.78 is 4.46. The number of thioether (sulfide) groups is 1. The molecule has 2 aromatic carbocycles. The SMILES string of the molecule is C[C@H](NC(=O)CCSc1nc2c(=O)n(C)c(=O)n(C)c2n1CCc1ccccc1)c1ccccc1. The lowest BCUT2D eigenvalue weighted by Gasteiger charge is -2.14. The minimum absolute atomic E-state index is 0.0517. The highest BCUT2D eigenvalue weighted by molar-refractivity contribution is 7.99. The number of hydrogen-bond acceptors (Lipinski definition) is 5. The van der Waals surface area contributed by atoms with Gasteiger partial charge in [-0.2, -0.15) is 0 Å². The summed E-state index contributed by atoms with van der Waals surface area (Å²) in [5.41, 5.74) is 2.14. The molecule has 4 aromatic rings. The number of hydrogen-bond donors (Lipinski definition) is 1. The van der Waals surface area contributed by atoms with Crippen molar-refractivity contribution in [2.75, 3.05) is 5.75 Å². The van der Waals surface area contributed by atoms with Gasteiger partial charge in [0.2, 0.25) is 5.91 Å². The third kappa shape index (κ3) is 5.40. The van der Waals surface area contributed by atoms with Crippen LogP contribution < -0.4 is 16.6 Å². The first-order valence-corrected chi connectivity index (χ1v) is 12.5. The summed E-state index contributed by atoms with van der Waals surface area (Å²) in [6, 6.07) is 19.8. The van der Waals surface area contributed by atoms with Crippen molar-refractivity contribution in [1.82, 2.24) is 24.0 Å². The van der Waals surface area contributed by atoms with Crippen molar-refractivity contribution in [1.29, 1.82) is 0 Å². The van der Waals surface area contributed by atoms with E-state index in [-0.39, 0.29) is 17.5 Å². The number of carbonyl (C=O) groups is 1. The monoisotopic (exact) mass is 491 g/mol. The Morgan fingerprint density at radius 1 is 1.00 bits per heavy atom. The van der Waals surface area contributed by atoms with Crippen LogP contribution in [0.15, 0.2) is 75.4 Å². The van der Waals surface area contributed by atoms with Gasteiger partial charge in [0.25, 0.3) is 5.56 Å². The molecule has 1 amide bonds. The van der Waals surface area contributed by atoms with Crippen molar-refractivity contribution in [2.24, 2.45) is 14.1 Å². The number of rotatable bonds is 9. The molecule has 0 unspecified atom stereocenters. The van der Waals surface area contributed by atoms with Gasteiger partial charge in [-0.1, -0.05) is 72.4 Å².